The second kappa shape index (κ2) is 7.66. The first-order chi connectivity index (χ1) is 14.1. The van der Waals surface area contributed by atoms with E-state index in [2.05, 4.69) is 20.7 Å². The number of fused-ring (bicyclic) bond motifs is 1. The van der Waals surface area contributed by atoms with Gasteiger partial charge in [0.1, 0.15) is 12.4 Å². The number of nitrogens with one attached hydrogen (secondary N) is 2. The van der Waals surface area contributed by atoms with Gasteiger partial charge in [0.25, 0.3) is 5.78 Å². The van der Waals surface area contributed by atoms with Gasteiger partial charge in [0, 0.05) is 17.6 Å². The standard InChI is InChI=1S/C20H15N7O2/c21-12-14-5-4-8-16(11-14)23-18(28)13-27-20(29)26-10-9-17(24-19(26)25-27)22-15-6-2-1-3-7-15/h1-11H,13H2,(H,23,28)(H,22,24,25). The molecule has 2 heterocycles. The summed E-state index contributed by atoms with van der Waals surface area (Å²) in [4.78, 5) is 29.1. The summed E-state index contributed by atoms with van der Waals surface area (Å²) < 4.78 is 2.30. The van der Waals surface area contributed by atoms with Crippen LogP contribution in [0.4, 0.5) is 17.2 Å². The van der Waals surface area contributed by atoms with Crippen LogP contribution in [0.1, 0.15) is 5.56 Å². The molecule has 9 heteroatoms. The fraction of sp³-hybridized carbons (Fsp3) is 0.0500. The van der Waals surface area contributed by atoms with Crippen LogP contribution in [-0.4, -0.2) is 25.1 Å². The lowest BCUT2D eigenvalue weighted by Crippen LogP contribution is -2.28. The summed E-state index contributed by atoms with van der Waals surface area (Å²) in [6.45, 7) is -0.277. The van der Waals surface area contributed by atoms with Crippen LogP contribution in [0.2, 0.25) is 0 Å². The topological polar surface area (TPSA) is 117 Å². The van der Waals surface area contributed by atoms with Crippen LogP contribution in [0, 0.1) is 11.3 Å². The maximum Gasteiger partial charge on any atom is 0.352 e. The Balaban J connectivity index is 1.53. The molecular formula is C20H15N7O2. The van der Waals surface area contributed by atoms with Gasteiger partial charge in [-0.25, -0.2) is 13.9 Å². The summed E-state index contributed by atoms with van der Waals surface area (Å²) in [5.74, 6) is 0.266. The van der Waals surface area contributed by atoms with Crippen molar-refractivity contribution in [2.24, 2.45) is 0 Å². The number of carbonyl (C=O) groups is 1. The zero-order valence-electron chi connectivity index (χ0n) is 15.1. The average Bonchev–Trinajstić information content (AvgIpc) is 3.03. The highest BCUT2D eigenvalue weighted by Gasteiger charge is 2.12. The van der Waals surface area contributed by atoms with Gasteiger partial charge in [0.15, 0.2) is 0 Å². The average molecular weight is 385 g/mol. The number of carbonyl (C=O) groups excluding carboxylic acids is 1. The van der Waals surface area contributed by atoms with Crippen LogP contribution in [0.3, 0.4) is 0 Å². The van der Waals surface area contributed by atoms with E-state index < -0.39 is 11.6 Å². The van der Waals surface area contributed by atoms with E-state index in [9.17, 15) is 9.59 Å². The fourth-order valence-corrected chi connectivity index (χ4v) is 2.75. The molecule has 2 N–H and O–H groups in total. The van der Waals surface area contributed by atoms with E-state index in [0.29, 0.717) is 17.1 Å². The van der Waals surface area contributed by atoms with Crippen molar-refractivity contribution in [3.8, 4) is 6.07 Å². The maximum absolute atomic E-state index is 12.5. The van der Waals surface area contributed by atoms with E-state index in [4.69, 9.17) is 5.26 Å². The van der Waals surface area contributed by atoms with Gasteiger partial charge in [-0.1, -0.05) is 24.3 Å². The Morgan fingerprint density at radius 1 is 1.07 bits per heavy atom. The molecule has 0 saturated carbocycles. The monoisotopic (exact) mass is 385 g/mol. The van der Waals surface area contributed by atoms with Crippen LogP contribution >= 0.6 is 0 Å². The van der Waals surface area contributed by atoms with Crippen molar-refractivity contribution in [1.29, 1.82) is 5.26 Å². The fourth-order valence-electron chi connectivity index (χ4n) is 2.75. The molecule has 0 aliphatic carbocycles. The summed E-state index contributed by atoms with van der Waals surface area (Å²) in [6, 6.07) is 19.6. The molecule has 1 amide bonds. The van der Waals surface area contributed by atoms with E-state index in [1.807, 2.05) is 36.4 Å². The molecule has 4 rings (SSSR count). The zero-order chi connectivity index (χ0) is 20.2. The van der Waals surface area contributed by atoms with Gasteiger partial charge in [-0.2, -0.15) is 10.2 Å². The summed E-state index contributed by atoms with van der Waals surface area (Å²) in [6.07, 6.45) is 1.55. The molecule has 0 radical (unpaired) electrons. The minimum absolute atomic E-state index is 0.176. The third kappa shape index (κ3) is 3.96. The molecule has 0 bridgehead atoms. The van der Waals surface area contributed by atoms with E-state index in [1.165, 1.54) is 4.40 Å². The van der Waals surface area contributed by atoms with Crippen LogP contribution in [0.25, 0.3) is 5.78 Å². The van der Waals surface area contributed by atoms with Crippen molar-refractivity contribution in [3.05, 3.63) is 82.9 Å². The Bertz CT molecular complexity index is 1290. The second-order valence-corrected chi connectivity index (χ2v) is 6.15. The highest BCUT2D eigenvalue weighted by molar-refractivity contribution is 5.90. The minimum atomic E-state index is -0.473. The first kappa shape index (κ1) is 17.9. The zero-order valence-corrected chi connectivity index (χ0v) is 15.1. The number of amides is 1. The van der Waals surface area contributed by atoms with Crippen molar-refractivity contribution in [2.75, 3.05) is 10.6 Å². The van der Waals surface area contributed by atoms with Gasteiger partial charge >= 0.3 is 5.69 Å². The number of para-hydroxylation sites is 1. The molecule has 0 atom stereocenters. The highest BCUT2D eigenvalue weighted by Crippen LogP contribution is 2.13. The Morgan fingerprint density at radius 3 is 2.66 bits per heavy atom. The number of hydrogen-bond donors (Lipinski definition) is 2. The normalized spacial score (nSPS) is 10.4. The van der Waals surface area contributed by atoms with Gasteiger partial charge in [-0.15, -0.1) is 5.10 Å². The largest absolute Gasteiger partial charge is 0.352 e. The molecule has 2 aromatic heterocycles. The smallest absolute Gasteiger partial charge is 0.340 e. The molecule has 2 aromatic carbocycles. The van der Waals surface area contributed by atoms with Gasteiger partial charge < -0.3 is 10.6 Å². The van der Waals surface area contributed by atoms with Crippen LogP contribution in [0.15, 0.2) is 71.7 Å². The molecule has 29 heavy (non-hydrogen) atoms. The lowest BCUT2D eigenvalue weighted by atomic mass is 10.2. The SMILES string of the molecule is N#Cc1cccc(NC(=O)Cn2nc3nc(Nc4ccccc4)ccn3c2=O)c1. The van der Waals surface area contributed by atoms with Crippen molar-refractivity contribution in [1.82, 2.24) is 19.2 Å². The van der Waals surface area contributed by atoms with Crippen molar-refractivity contribution in [2.45, 2.75) is 6.54 Å². The molecule has 142 valence electrons. The minimum Gasteiger partial charge on any atom is -0.340 e. The van der Waals surface area contributed by atoms with Crippen molar-refractivity contribution >= 4 is 28.9 Å². The van der Waals surface area contributed by atoms with E-state index in [1.54, 1.807) is 36.5 Å². The molecule has 0 unspecified atom stereocenters. The first-order valence-corrected chi connectivity index (χ1v) is 8.71. The van der Waals surface area contributed by atoms with Gasteiger partial charge in [-0.3, -0.25) is 4.79 Å². The Hall–Kier alpha value is -4.45. The molecule has 4 aromatic rings. The van der Waals surface area contributed by atoms with Gasteiger partial charge in [0.2, 0.25) is 5.91 Å². The third-order valence-corrected chi connectivity index (χ3v) is 4.07. The maximum atomic E-state index is 12.5. The highest BCUT2D eigenvalue weighted by atomic mass is 16.2. The molecule has 0 saturated heterocycles. The number of anilines is 3. The van der Waals surface area contributed by atoms with E-state index >= 15 is 0 Å². The van der Waals surface area contributed by atoms with Crippen molar-refractivity contribution in [3.63, 3.8) is 0 Å². The summed E-state index contributed by atoms with van der Waals surface area (Å²) in [5, 5.41) is 18.8. The van der Waals surface area contributed by atoms with Gasteiger partial charge in [0.05, 0.1) is 11.6 Å². The van der Waals surface area contributed by atoms with E-state index in [-0.39, 0.29) is 12.3 Å². The number of aromatic nitrogens is 4. The number of rotatable bonds is 5. The molecule has 9 nitrogen and oxygen atoms in total. The van der Waals surface area contributed by atoms with Crippen LogP contribution in [0.5, 0.6) is 0 Å². The summed E-state index contributed by atoms with van der Waals surface area (Å²) in [5.41, 5.74) is 1.28. The number of hydrogen-bond acceptors (Lipinski definition) is 6. The van der Waals surface area contributed by atoms with Crippen molar-refractivity contribution < 1.29 is 4.79 Å². The molecule has 0 aliphatic rings. The Kier molecular flexibility index (Phi) is 4.74. The van der Waals surface area contributed by atoms with Gasteiger partial charge in [-0.05, 0) is 36.4 Å². The number of nitriles is 1. The molecule has 0 fully saturated rings. The molecule has 0 aliphatic heterocycles. The Morgan fingerprint density at radius 2 is 1.86 bits per heavy atom. The number of benzene rings is 2. The predicted octanol–water partition coefficient (Wildman–Crippen LogP) is 2.14. The predicted molar refractivity (Wildman–Crippen MR) is 107 cm³/mol. The van der Waals surface area contributed by atoms with Crippen LogP contribution < -0.4 is 16.3 Å². The van der Waals surface area contributed by atoms with Crippen LogP contribution in [-0.2, 0) is 11.3 Å². The summed E-state index contributed by atoms with van der Waals surface area (Å²) >= 11 is 0. The third-order valence-electron chi connectivity index (χ3n) is 4.07. The summed E-state index contributed by atoms with van der Waals surface area (Å²) in [7, 11) is 0. The lowest BCUT2D eigenvalue weighted by Gasteiger charge is -2.04. The first-order valence-electron chi connectivity index (χ1n) is 8.71. The molecule has 0 spiro atoms. The molecular weight excluding hydrogens is 370 g/mol. The van der Waals surface area contributed by atoms with E-state index in [0.717, 1.165) is 10.4 Å². The quantitative estimate of drug-likeness (QED) is 0.544. The lowest BCUT2D eigenvalue weighted by molar-refractivity contribution is -0.117. The second-order valence-electron chi connectivity index (χ2n) is 6.15. The Labute approximate surface area is 164 Å². The number of nitrogens with zero attached hydrogens (tertiary/aromatic N) is 5.